The standard InChI is InChI=1S/C12H10N2O3/c1-2-6-17-12(16)9-7-14-11-8(10(9)15)4-3-5-13-11/h2-5,7H,1,6H2,(H,13,14,15). The number of ether oxygens (including phenoxy) is 1. The molecule has 0 aliphatic rings. The van der Waals surface area contributed by atoms with E-state index >= 15 is 0 Å². The fraction of sp³-hybridized carbons (Fsp3) is 0.0833. The smallest absolute Gasteiger partial charge is 0.343 e. The first-order chi connectivity index (χ1) is 8.24. The van der Waals surface area contributed by atoms with E-state index in [2.05, 4.69) is 16.5 Å². The maximum absolute atomic E-state index is 11.9. The van der Waals surface area contributed by atoms with E-state index in [0.29, 0.717) is 11.0 Å². The Labute approximate surface area is 96.8 Å². The molecule has 0 aliphatic heterocycles. The number of hydrogen-bond donors (Lipinski definition) is 1. The van der Waals surface area contributed by atoms with E-state index in [1.54, 1.807) is 18.3 Å². The number of nitrogens with zero attached hydrogens (tertiary/aromatic N) is 1. The number of nitrogens with one attached hydrogen (secondary N) is 1. The summed E-state index contributed by atoms with van der Waals surface area (Å²) in [6.07, 6.45) is 4.31. The number of esters is 1. The van der Waals surface area contributed by atoms with Gasteiger partial charge in [-0.2, -0.15) is 0 Å². The van der Waals surface area contributed by atoms with Crippen molar-refractivity contribution in [3.63, 3.8) is 0 Å². The van der Waals surface area contributed by atoms with Gasteiger partial charge in [-0.25, -0.2) is 9.78 Å². The van der Waals surface area contributed by atoms with Gasteiger partial charge in [0.2, 0.25) is 5.43 Å². The number of H-pyrrole nitrogens is 1. The first-order valence-corrected chi connectivity index (χ1v) is 4.98. The van der Waals surface area contributed by atoms with Crippen molar-refractivity contribution < 1.29 is 9.53 Å². The summed E-state index contributed by atoms with van der Waals surface area (Å²) in [5.41, 5.74) is 0.0195. The highest BCUT2D eigenvalue weighted by atomic mass is 16.5. The van der Waals surface area contributed by atoms with E-state index in [4.69, 9.17) is 4.74 Å². The molecule has 5 heteroatoms. The van der Waals surface area contributed by atoms with Gasteiger partial charge in [0.05, 0.1) is 5.39 Å². The van der Waals surface area contributed by atoms with Gasteiger partial charge in [-0.05, 0) is 12.1 Å². The number of hydrogen-bond acceptors (Lipinski definition) is 4. The first kappa shape index (κ1) is 11.1. The summed E-state index contributed by atoms with van der Waals surface area (Å²) in [4.78, 5) is 30.3. The quantitative estimate of drug-likeness (QED) is 0.636. The third-order valence-corrected chi connectivity index (χ3v) is 2.20. The van der Waals surface area contributed by atoms with E-state index in [1.807, 2.05) is 0 Å². The van der Waals surface area contributed by atoms with Crippen LogP contribution in [0, 0.1) is 0 Å². The van der Waals surface area contributed by atoms with Gasteiger partial charge in [0.15, 0.2) is 0 Å². The molecular formula is C12H10N2O3. The van der Waals surface area contributed by atoms with Crippen LogP contribution < -0.4 is 5.43 Å². The maximum Gasteiger partial charge on any atom is 0.343 e. The molecule has 0 atom stereocenters. The highest BCUT2D eigenvalue weighted by molar-refractivity contribution is 5.92. The van der Waals surface area contributed by atoms with Crippen molar-refractivity contribution in [3.05, 3.63) is 53.0 Å². The molecular weight excluding hydrogens is 220 g/mol. The summed E-state index contributed by atoms with van der Waals surface area (Å²) < 4.78 is 4.81. The van der Waals surface area contributed by atoms with Gasteiger partial charge in [0, 0.05) is 12.4 Å². The zero-order valence-corrected chi connectivity index (χ0v) is 8.97. The van der Waals surface area contributed by atoms with Crippen LogP contribution in [-0.4, -0.2) is 22.5 Å². The average Bonchev–Trinajstić information content (AvgIpc) is 2.37. The summed E-state index contributed by atoms with van der Waals surface area (Å²) in [5.74, 6) is -0.670. The summed E-state index contributed by atoms with van der Waals surface area (Å²) in [5, 5.41) is 0.362. The Bertz CT molecular complexity index is 631. The molecule has 0 amide bonds. The van der Waals surface area contributed by atoms with Gasteiger partial charge >= 0.3 is 5.97 Å². The molecule has 0 unspecified atom stereocenters. The zero-order valence-electron chi connectivity index (χ0n) is 8.97. The molecule has 0 fully saturated rings. The molecule has 0 aliphatic carbocycles. The van der Waals surface area contributed by atoms with Gasteiger partial charge in [0.1, 0.15) is 17.8 Å². The number of carbonyl (C=O) groups is 1. The molecule has 0 aromatic carbocycles. The molecule has 0 radical (unpaired) electrons. The Kier molecular flexibility index (Phi) is 3.00. The van der Waals surface area contributed by atoms with Crippen molar-refractivity contribution in [3.8, 4) is 0 Å². The Morgan fingerprint density at radius 2 is 2.41 bits per heavy atom. The summed E-state index contributed by atoms with van der Waals surface area (Å²) >= 11 is 0. The predicted molar refractivity (Wildman–Crippen MR) is 62.8 cm³/mol. The molecule has 0 bridgehead atoms. The van der Waals surface area contributed by atoms with E-state index in [0.717, 1.165) is 0 Å². The van der Waals surface area contributed by atoms with Crippen molar-refractivity contribution in [2.24, 2.45) is 0 Å². The zero-order chi connectivity index (χ0) is 12.3. The Balaban J connectivity index is 2.49. The lowest BCUT2D eigenvalue weighted by atomic mass is 10.2. The largest absolute Gasteiger partial charge is 0.458 e. The van der Waals surface area contributed by atoms with E-state index in [-0.39, 0.29) is 17.6 Å². The number of fused-ring (bicyclic) bond motifs is 1. The second kappa shape index (κ2) is 4.61. The number of carbonyl (C=O) groups excluding carboxylic acids is 1. The van der Waals surface area contributed by atoms with Crippen LogP contribution in [0.5, 0.6) is 0 Å². The maximum atomic E-state index is 11.9. The molecule has 86 valence electrons. The third-order valence-electron chi connectivity index (χ3n) is 2.20. The second-order valence-corrected chi connectivity index (χ2v) is 3.32. The number of pyridine rings is 2. The van der Waals surface area contributed by atoms with Crippen LogP contribution in [0.1, 0.15) is 10.4 Å². The number of aromatic amines is 1. The fourth-order valence-corrected chi connectivity index (χ4v) is 1.42. The van der Waals surface area contributed by atoms with Crippen molar-refractivity contribution in [2.75, 3.05) is 6.61 Å². The molecule has 2 heterocycles. The van der Waals surface area contributed by atoms with Gasteiger partial charge < -0.3 is 9.72 Å². The van der Waals surface area contributed by atoms with Crippen molar-refractivity contribution in [1.82, 2.24) is 9.97 Å². The minimum atomic E-state index is -0.670. The normalized spacial score (nSPS) is 10.1. The highest BCUT2D eigenvalue weighted by Crippen LogP contribution is 2.04. The van der Waals surface area contributed by atoms with Gasteiger partial charge in [-0.1, -0.05) is 12.7 Å². The average molecular weight is 230 g/mol. The lowest BCUT2D eigenvalue weighted by molar-refractivity contribution is 0.0548. The van der Waals surface area contributed by atoms with Crippen LogP contribution in [-0.2, 0) is 4.74 Å². The lowest BCUT2D eigenvalue weighted by Gasteiger charge is -2.02. The fourth-order valence-electron chi connectivity index (χ4n) is 1.42. The van der Waals surface area contributed by atoms with Crippen LogP contribution in [0.4, 0.5) is 0 Å². The number of rotatable bonds is 3. The van der Waals surface area contributed by atoms with Crippen molar-refractivity contribution in [1.29, 1.82) is 0 Å². The SMILES string of the molecule is C=CCOC(=O)c1c[nH]c2ncccc2c1=O. The third kappa shape index (κ3) is 2.08. The topological polar surface area (TPSA) is 72.1 Å². The lowest BCUT2D eigenvalue weighted by Crippen LogP contribution is -2.18. The Morgan fingerprint density at radius 1 is 1.59 bits per heavy atom. The van der Waals surface area contributed by atoms with E-state index in [9.17, 15) is 9.59 Å². The highest BCUT2D eigenvalue weighted by Gasteiger charge is 2.13. The molecule has 2 rings (SSSR count). The molecule has 5 nitrogen and oxygen atoms in total. The molecule has 0 saturated heterocycles. The first-order valence-electron chi connectivity index (χ1n) is 4.98. The molecule has 2 aromatic rings. The van der Waals surface area contributed by atoms with Crippen LogP contribution in [0.2, 0.25) is 0 Å². The Morgan fingerprint density at radius 3 is 3.18 bits per heavy atom. The van der Waals surface area contributed by atoms with Crippen molar-refractivity contribution >= 4 is 17.0 Å². The molecule has 17 heavy (non-hydrogen) atoms. The van der Waals surface area contributed by atoms with Gasteiger partial charge in [-0.3, -0.25) is 4.79 Å². The number of aromatic nitrogens is 2. The molecule has 0 saturated carbocycles. The molecule has 2 aromatic heterocycles. The summed E-state index contributed by atoms with van der Waals surface area (Å²) in [6.45, 7) is 3.50. The van der Waals surface area contributed by atoms with E-state index < -0.39 is 5.97 Å². The summed E-state index contributed by atoms with van der Waals surface area (Å²) in [6, 6.07) is 3.24. The van der Waals surface area contributed by atoms with Crippen LogP contribution >= 0.6 is 0 Å². The van der Waals surface area contributed by atoms with Crippen molar-refractivity contribution in [2.45, 2.75) is 0 Å². The summed E-state index contributed by atoms with van der Waals surface area (Å²) in [7, 11) is 0. The van der Waals surface area contributed by atoms with Crippen LogP contribution in [0.25, 0.3) is 11.0 Å². The molecule has 1 N–H and O–H groups in total. The minimum Gasteiger partial charge on any atom is -0.458 e. The second-order valence-electron chi connectivity index (χ2n) is 3.32. The predicted octanol–water partition coefficient (Wildman–Crippen LogP) is 1.27. The minimum absolute atomic E-state index is 0.0349. The Hall–Kier alpha value is -2.43. The van der Waals surface area contributed by atoms with Gasteiger partial charge in [-0.15, -0.1) is 0 Å². The van der Waals surface area contributed by atoms with Gasteiger partial charge in [0.25, 0.3) is 0 Å². The monoisotopic (exact) mass is 230 g/mol. The molecule has 0 spiro atoms. The van der Waals surface area contributed by atoms with Crippen LogP contribution in [0.15, 0.2) is 42.0 Å². The van der Waals surface area contributed by atoms with Crippen LogP contribution in [0.3, 0.4) is 0 Å². The van der Waals surface area contributed by atoms with E-state index in [1.165, 1.54) is 12.3 Å².